The molecule has 4 rings (SSSR count). The van der Waals surface area contributed by atoms with Gasteiger partial charge in [0.1, 0.15) is 10.7 Å². The first-order valence-electron chi connectivity index (χ1n) is 10.6. The summed E-state index contributed by atoms with van der Waals surface area (Å²) in [6, 6.07) is 15.1. The highest BCUT2D eigenvalue weighted by atomic mass is 32.2. The SMILES string of the molecule is C=CCN(C(=O)C1CCN(S(=O)(=O)c2ccccc2F)CC1)c1nc(-c2ccccc2)cs1. The minimum atomic E-state index is -3.94. The van der Waals surface area contributed by atoms with Crippen LogP contribution in [0, 0.1) is 11.7 Å². The van der Waals surface area contributed by atoms with Gasteiger partial charge in [0.15, 0.2) is 5.13 Å². The number of amides is 1. The van der Waals surface area contributed by atoms with Crippen LogP contribution in [0.4, 0.5) is 9.52 Å². The monoisotopic (exact) mass is 485 g/mol. The normalized spacial score (nSPS) is 15.3. The topological polar surface area (TPSA) is 70.6 Å². The fraction of sp³-hybridized carbons (Fsp3) is 0.250. The van der Waals surface area contributed by atoms with Gasteiger partial charge in [0.25, 0.3) is 0 Å². The van der Waals surface area contributed by atoms with E-state index in [-0.39, 0.29) is 29.8 Å². The second kappa shape index (κ2) is 9.94. The van der Waals surface area contributed by atoms with E-state index in [4.69, 9.17) is 0 Å². The van der Waals surface area contributed by atoms with Crippen LogP contribution in [-0.2, 0) is 14.8 Å². The molecule has 0 N–H and O–H groups in total. The highest BCUT2D eigenvalue weighted by Gasteiger charge is 2.35. The van der Waals surface area contributed by atoms with E-state index < -0.39 is 15.8 Å². The van der Waals surface area contributed by atoms with Crippen LogP contribution < -0.4 is 4.90 Å². The third-order valence-electron chi connectivity index (χ3n) is 5.63. The van der Waals surface area contributed by atoms with Gasteiger partial charge in [0.05, 0.1) is 5.69 Å². The van der Waals surface area contributed by atoms with Crippen LogP contribution in [0.15, 0.2) is 77.5 Å². The van der Waals surface area contributed by atoms with Crippen LogP contribution in [0.25, 0.3) is 11.3 Å². The molecule has 0 aliphatic carbocycles. The third kappa shape index (κ3) is 4.90. The maximum Gasteiger partial charge on any atom is 0.245 e. The molecular weight excluding hydrogens is 461 g/mol. The zero-order valence-corrected chi connectivity index (χ0v) is 19.6. The predicted molar refractivity (Wildman–Crippen MR) is 128 cm³/mol. The molecule has 3 aromatic rings. The molecule has 0 radical (unpaired) electrons. The highest BCUT2D eigenvalue weighted by molar-refractivity contribution is 7.89. The van der Waals surface area contributed by atoms with Crippen molar-refractivity contribution in [1.82, 2.24) is 9.29 Å². The number of carbonyl (C=O) groups is 1. The number of hydrogen-bond donors (Lipinski definition) is 0. The lowest BCUT2D eigenvalue weighted by Crippen LogP contribution is -2.44. The molecule has 1 aliphatic rings. The van der Waals surface area contributed by atoms with E-state index in [0.29, 0.717) is 24.5 Å². The summed E-state index contributed by atoms with van der Waals surface area (Å²) in [5.41, 5.74) is 1.76. The highest BCUT2D eigenvalue weighted by Crippen LogP contribution is 2.31. The number of hydrogen-bond acceptors (Lipinski definition) is 5. The van der Waals surface area contributed by atoms with Gasteiger partial charge in [-0.15, -0.1) is 17.9 Å². The number of thiazole rings is 1. The number of piperidine rings is 1. The molecule has 2 aromatic carbocycles. The maximum absolute atomic E-state index is 14.1. The van der Waals surface area contributed by atoms with Crippen LogP contribution in [0.1, 0.15) is 12.8 Å². The molecule has 0 spiro atoms. The van der Waals surface area contributed by atoms with Crippen LogP contribution >= 0.6 is 11.3 Å². The minimum Gasteiger partial charge on any atom is -0.284 e. The van der Waals surface area contributed by atoms with Crippen molar-refractivity contribution in [1.29, 1.82) is 0 Å². The first-order chi connectivity index (χ1) is 15.9. The van der Waals surface area contributed by atoms with Crippen molar-refractivity contribution in [3.05, 3.63) is 78.4 Å². The van der Waals surface area contributed by atoms with Crippen LogP contribution in [0.5, 0.6) is 0 Å². The number of halogens is 1. The third-order valence-corrected chi connectivity index (χ3v) is 8.42. The van der Waals surface area contributed by atoms with Gasteiger partial charge in [0.2, 0.25) is 15.9 Å². The van der Waals surface area contributed by atoms with Crippen molar-refractivity contribution in [3.63, 3.8) is 0 Å². The zero-order valence-electron chi connectivity index (χ0n) is 17.9. The molecule has 33 heavy (non-hydrogen) atoms. The molecule has 1 fully saturated rings. The summed E-state index contributed by atoms with van der Waals surface area (Å²) in [5.74, 6) is -1.22. The van der Waals surface area contributed by atoms with Crippen molar-refractivity contribution in [2.45, 2.75) is 17.7 Å². The Morgan fingerprint density at radius 3 is 2.48 bits per heavy atom. The molecule has 2 heterocycles. The Hall–Kier alpha value is -2.88. The van der Waals surface area contributed by atoms with Crippen LogP contribution in [0.2, 0.25) is 0 Å². The number of carbonyl (C=O) groups excluding carboxylic acids is 1. The van der Waals surface area contributed by atoms with Gasteiger partial charge in [0, 0.05) is 36.5 Å². The molecule has 6 nitrogen and oxygen atoms in total. The van der Waals surface area contributed by atoms with E-state index >= 15 is 0 Å². The van der Waals surface area contributed by atoms with Gasteiger partial charge in [-0.05, 0) is 25.0 Å². The molecular formula is C24H24FN3O3S2. The smallest absolute Gasteiger partial charge is 0.245 e. The number of anilines is 1. The van der Waals surface area contributed by atoms with E-state index in [0.717, 1.165) is 17.3 Å². The van der Waals surface area contributed by atoms with Crippen molar-refractivity contribution in [3.8, 4) is 11.3 Å². The summed E-state index contributed by atoms with van der Waals surface area (Å²) in [5, 5.41) is 2.50. The van der Waals surface area contributed by atoms with Gasteiger partial charge < -0.3 is 0 Å². The Balaban J connectivity index is 1.47. The first-order valence-corrected chi connectivity index (χ1v) is 12.9. The lowest BCUT2D eigenvalue weighted by molar-refractivity contribution is -0.123. The van der Waals surface area contributed by atoms with Crippen molar-refractivity contribution >= 4 is 32.4 Å². The molecule has 0 atom stereocenters. The first kappa shape index (κ1) is 23.3. The van der Waals surface area contributed by atoms with E-state index in [1.807, 2.05) is 35.7 Å². The standard InChI is InChI=1S/C24H24FN3O3S2/c1-2-14-28(24-26-21(17-32-24)18-8-4-3-5-9-18)23(29)19-12-15-27(16-13-19)33(30,31)22-11-7-6-10-20(22)25/h2-11,17,19H,1,12-16H2. The fourth-order valence-electron chi connectivity index (χ4n) is 3.88. The Bertz CT molecular complexity index is 1240. The maximum atomic E-state index is 14.1. The second-order valence-corrected chi connectivity index (χ2v) is 10.5. The summed E-state index contributed by atoms with van der Waals surface area (Å²) in [4.78, 5) is 19.3. The molecule has 0 bridgehead atoms. The average molecular weight is 486 g/mol. The Labute approximate surface area is 197 Å². The summed E-state index contributed by atoms with van der Waals surface area (Å²) < 4.78 is 41.0. The molecule has 0 saturated carbocycles. The summed E-state index contributed by atoms with van der Waals surface area (Å²) >= 11 is 1.39. The minimum absolute atomic E-state index is 0.105. The molecule has 172 valence electrons. The fourth-order valence-corrected chi connectivity index (χ4v) is 6.26. The lowest BCUT2D eigenvalue weighted by Gasteiger charge is -2.32. The molecule has 1 aliphatic heterocycles. The average Bonchev–Trinajstić information content (AvgIpc) is 3.33. The Morgan fingerprint density at radius 2 is 1.82 bits per heavy atom. The van der Waals surface area contributed by atoms with Crippen molar-refractivity contribution in [2.24, 2.45) is 5.92 Å². The largest absolute Gasteiger partial charge is 0.284 e. The van der Waals surface area contributed by atoms with E-state index in [2.05, 4.69) is 11.6 Å². The quantitative estimate of drug-likeness (QED) is 0.460. The number of aromatic nitrogens is 1. The molecule has 9 heteroatoms. The molecule has 1 saturated heterocycles. The van der Waals surface area contributed by atoms with E-state index in [1.165, 1.54) is 33.8 Å². The predicted octanol–water partition coefficient (Wildman–Crippen LogP) is 4.57. The Kier molecular flexibility index (Phi) is 7.02. The zero-order chi connectivity index (χ0) is 23.4. The number of sulfonamides is 1. The van der Waals surface area contributed by atoms with Gasteiger partial charge in [-0.2, -0.15) is 4.31 Å². The Morgan fingerprint density at radius 1 is 1.15 bits per heavy atom. The van der Waals surface area contributed by atoms with E-state index in [1.54, 1.807) is 11.0 Å². The van der Waals surface area contributed by atoms with Crippen LogP contribution in [0.3, 0.4) is 0 Å². The van der Waals surface area contributed by atoms with Crippen molar-refractivity contribution < 1.29 is 17.6 Å². The van der Waals surface area contributed by atoms with Crippen molar-refractivity contribution in [2.75, 3.05) is 24.5 Å². The van der Waals surface area contributed by atoms with Crippen LogP contribution in [-0.4, -0.2) is 43.2 Å². The second-order valence-electron chi connectivity index (χ2n) is 7.73. The summed E-state index contributed by atoms with van der Waals surface area (Å²) in [6.45, 7) is 4.39. The number of benzene rings is 2. The number of nitrogens with zero attached hydrogens (tertiary/aromatic N) is 3. The van der Waals surface area contributed by atoms with Gasteiger partial charge >= 0.3 is 0 Å². The van der Waals surface area contributed by atoms with E-state index in [9.17, 15) is 17.6 Å². The molecule has 0 unspecified atom stereocenters. The molecule has 1 amide bonds. The van der Waals surface area contributed by atoms with Gasteiger partial charge in [-0.1, -0.05) is 48.5 Å². The number of rotatable bonds is 7. The summed E-state index contributed by atoms with van der Waals surface area (Å²) in [7, 11) is -3.94. The molecule has 1 aromatic heterocycles. The van der Waals surface area contributed by atoms with Gasteiger partial charge in [-0.3, -0.25) is 9.69 Å². The summed E-state index contributed by atoms with van der Waals surface area (Å²) in [6.07, 6.45) is 2.37. The van der Waals surface area contributed by atoms with Gasteiger partial charge in [-0.25, -0.2) is 17.8 Å². The lowest BCUT2D eigenvalue weighted by atomic mass is 9.96.